The van der Waals surface area contributed by atoms with E-state index < -0.39 is 15.9 Å². The number of hydrogen-bond donors (Lipinski definition) is 1. The minimum atomic E-state index is -3.95. The van der Waals surface area contributed by atoms with Crippen molar-refractivity contribution in [3.05, 3.63) is 59.7 Å². The first-order chi connectivity index (χ1) is 15.1. The van der Waals surface area contributed by atoms with Gasteiger partial charge < -0.3 is 0 Å². The predicted octanol–water partition coefficient (Wildman–Crippen LogP) is 4.74. The third-order valence-corrected chi connectivity index (χ3v) is 8.49. The number of carbonyl (C=O) groups excluding carboxylic acids is 1. The highest BCUT2D eigenvalue weighted by Crippen LogP contribution is 2.28. The maximum Gasteiger partial charge on any atom is 0.264 e. The van der Waals surface area contributed by atoms with E-state index in [1.165, 1.54) is 23.5 Å². The van der Waals surface area contributed by atoms with Crippen LogP contribution in [0, 0.1) is 19.8 Å². The number of benzene rings is 2. The van der Waals surface area contributed by atoms with E-state index in [1.54, 1.807) is 42.1 Å². The van der Waals surface area contributed by atoms with Gasteiger partial charge in [-0.3, -0.25) is 14.4 Å². The Morgan fingerprint density at radius 1 is 1.09 bits per heavy atom. The number of sulfonamides is 1. The number of nitrogens with zero attached hydrogens (tertiary/aromatic N) is 3. The number of thioether (sulfide) groups is 1. The molecular formula is C22H26N4O3S3. The van der Waals surface area contributed by atoms with Crippen LogP contribution in [0.5, 0.6) is 0 Å². The minimum absolute atomic E-state index is 0.121. The van der Waals surface area contributed by atoms with Crippen molar-refractivity contribution in [3.63, 3.8) is 0 Å². The topological polar surface area (TPSA) is 92.3 Å². The number of aromatic nitrogens is 2. The van der Waals surface area contributed by atoms with Crippen LogP contribution >= 0.6 is 23.1 Å². The van der Waals surface area contributed by atoms with Gasteiger partial charge in [-0.25, -0.2) is 8.42 Å². The zero-order chi connectivity index (χ0) is 23.3. The molecule has 2 aromatic carbocycles. The van der Waals surface area contributed by atoms with Gasteiger partial charge in [-0.15, -0.1) is 10.2 Å². The van der Waals surface area contributed by atoms with Gasteiger partial charge >= 0.3 is 0 Å². The highest BCUT2D eigenvalue weighted by Gasteiger charge is 2.27. The zero-order valence-corrected chi connectivity index (χ0v) is 20.9. The molecule has 1 N–H and O–H groups in total. The Hall–Kier alpha value is -2.43. The average molecular weight is 491 g/mol. The maximum atomic E-state index is 13.4. The third kappa shape index (κ3) is 6.30. The summed E-state index contributed by atoms with van der Waals surface area (Å²) >= 11 is 2.85. The highest BCUT2D eigenvalue weighted by molar-refractivity contribution is 8.01. The number of anilines is 2. The molecule has 10 heteroatoms. The molecule has 0 unspecified atom stereocenters. The van der Waals surface area contributed by atoms with Gasteiger partial charge in [0.05, 0.1) is 10.6 Å². The first-order valence-corrected chi connectivity index (χ1v) is 13.3. The molecule has 170 valence electrons. The molecule has 0 atom stereocenters. The number of hydrogen-bond acceptors (Lipinski definition) is 7. The Bertz CT molecular complexity index is 1160. The molecule has 3 rings (SSSR count). The summed E-state index contributed by atoms with van der Waals surface area (Å²) < 4.78 is 28.7. The lowest BCUT2D eigenvalue weighted by molar-refractivity contribution is -0.114. The fraction of sp³-hybridized carbons (Fsp3) is 0.318. The van der Waals surface area contributed by atoms with Crippen LogP contribution in [0.2, 0.25) is 0 Å². The molecule has 1 heterocycles. The van der Waals surface area contributed by atoms with E-state index in [0.29, 0.717) is 16.7 Å². The van der Waals surface area contributed by atoms with Crippen LogP contribution in [0.1, 0.15) is 25.0 Å². The van der Waals surface area contributed by atoms with Crippen molar-refractivity contribution in [2.24, 2.45) is 5.92 Å². The summed E-state index contributed by atoms with van der Waals surface area (Å²) in [5.74, 6) is 0.926. The smallest absolute Gasteiger partial charge is 0.264 e. The second-order valence-corrected chi connectivity index (χ2v) is 11.9. The second-order valence-electron chi connectivity index (χ2n) is 7.80. The fourth-order valence-electron chi connectivity index (χ4n) is 2.98. The number of carbonyl (C=O) groups is 1. The molecule has 0 aliphatic heterocycles. The summed E-state index contributed by atoms with van der Waals surface area (Å²) in [5.41, 5.74) is 2.25. The number of amides is 1. The highest BCUT2D eigenvalue weighted by atomic mass is 32.2. The van der Waals surface area contributed by atoms with Gasteiger partial charge in [0.2, 0.25) is 11.0 Å². The van der Waals surface area contributed by atoms with E-state index in [4.69, 9.17) is 0 Å². The Morgan fingerprint density at radius 2 is 1.75 bits per heavy atom. The van der Waals surface area contributed by atoms with E-state index in [2.05, 4.69) is 29.4 Å². The molecular weight excluding hydrogens is 464 g/mol. The molecule has 0 aliphatic rings. The van der Waals surface area contributed by atoms with Crippen LogP contribution in [0.25, 0.3) is 0 Å². The lowest BCUT2D eigenvalue weighted by Crippen LogP contribution is -2.38. The van der Waals surface area contributed by atoms with Gasteiger partial charge in [-0.1, -0.05) is 61.2 Å². The van der Waals surface area contributed by atoms with Crippen LogP contribution < -0.4 is 9.62 Å². The molecule has 0 saturated carbocycles. The standard InChI is InChI=1S/C22H26N4O3S3/c1-15(2)14-30-22-25-24-21(31-22)23-20(27)13-26(18-11-16(3)10-17(4)12-18)32(28,29)19-8-6-5-7-9-19/h5-12,15H,13-14H2,1-4H3,(H,23,24,27). The lowest BCUT2D eigenvalue weighted by atomic mass is 10.1. The summed E-state index contributed by atoms with van der Waals surface area (Å²) in [6.45, 7) is 7.63. The molecule has 0 fully saturated rings. The molecule has 32 heavy (non-hydrogen) atoms. The molecule has 0 aliphatic carbocycles. The largest absolute Gasteiger partial charge is 0.299 e. The Kier molecular flexibility index (Phi) is 7.91. The van der Waals surface area contributed by atoms with Gasteiger partial charge in [0.1, 0.15) is 6.54 Å². The van der Waals surface area contributed by atoms with Crippen LogP contribution in [-0.4, -0.2) is 36.8 Å². The van der Waals surface area contributed by atoms with Gasteiger partial charge in [-0.2, -0.15) is 0 Å². The van der Waals surface area contributed by atoms with Crippen molar-refractivity contribution in [1.29, 1.82) is 0 Å². The molecule has 1 amide bonds. The van der Waals surface area contributed by atoms with Crippen LogP contribution in [0.4, 0.5) is 10.8 Å². The van der Waals surface area contributed by atoms with Crippen LogP contribution in [-0.2, 0) is 14.8 Å². The Labute approximate surface area is 197 Å². The monoisotopic (exact) mass is 490 g/mol. The summed E-state index contributed by atoms with van der Waals surface area (Å²) in [6.07, 6.45) is 0. The van der Waals surface area contributed by atoms with Crippen LogP contribution in [0.3, 0.4) is 0 Å². The number of aryl methyl sites for hydroxylation is 2. The molecule has 0 bridgehead atoms. The van der Waals surface area contributed by atoms with Gasteiger partial charge in [0, 0.05) is 5.75 Å². The van der Waals surface area contributed by atoms with Gasteiger partial charge in [0.25, 0.3) is 10.0 Å². The van der Waals surface area contributed by atoms with Gasteiger partial charge in [-0.05, 0) is 55.2 Å². The van der Waals surface area contributed by atoms with Crippen molar-refractivity contribution in [2.45, 2.75) is 36.9 Å². The summed E-state index contributed by atoms with van der Waals surface area (Å²) in [7, 11) is -3.95. The third-order valence-electron chi connectivity index (χ3n) is 4.31. The SMILES string of the molecule is Cc1cc(C)cc(N(CC(=O)Nc2nnc(SCC(C)C)s2)S(=O)(=O)c2ccccc2)c1. The normalized spacial score (nSPS) is 11.5. The molecule has 0 spiro atoms. The Balaban J connectivity index is 1.85. The first-order valence-electron chi connectivity index (χ1n) is 10.1. The second kappa shape index (κ2) is 10.5. The molecule has 3 aromatic rings. The number of rotatable bonds is 9. The van der Waals surface area contributed by atoms with E-state index in [-0.39, 0.29) is 11.4 Å². The van der Waals surface area contributed by atoms with E-state index in [9.17, 15) is 13.2 Å². The summed E-state index contributed by atoms with van der Waals surface area (Å²) in [5, 5.41) is 11.1. The van der Waals surface area contributed by atoms with Crippen molar-refractivity contribution in [3.8, 4) is 0 Å². The van der Waals surface area contributed by atoms with Crippen molar-refractivity contribution >= 4 is 49.8 Å². The lowest BCUT2D eigenvalue weighted by Gasteiger charge is -2.24. The molecule has 1 aromatic heterocycles. The first kappa shape index (κ1) is 24.2. The average Bonchev–Trinajstić information content (AvgIpc) is 3.17. The van der Waals surface area contributed by atoms with E-state index >= 15 is 0 Å². The summed E-state index contributed by atoms with van der Waals surface area (Å²) in [4.78, 5) is 13.0. The molecule has 0 radical (unpaired) electrons. The summed E-state index contributed by atoms with van der Waals surface area (Å²) in [6, 6.07) is 13.6. The number of nitrogens with one attached hydrogen (secondary N) is 1. The van der Waals surface area contributed by atoms with E-state index in [1.807, 2.05) is 19.9 Å². The fourth-order valence-corrected chi connectivity index (χ4v) is 6.15. The predicted molar refractivity (Wildman–Crippen MR) is 131 cm³/mol. The van der Waals surface area contributed by atoms with E-state index in [0.717, 1.165) is 25.5 Å². The minimum Gasteiger partial charge on any atom is -0.299 e. The molecule has 7 nitrogen and oxygen atoms in total. The van der Waals surface area contributed by atoms with Crippen molar-refractivity contribution < 1.29 is 13.2 Å². The maximum absolute atomic E-state index is 13.4. The van der Waals surface area contributed by atoms with Crippen molar-refractivity contribution in [2.75, 3.05) is 21.9 Å². The molecule has 0 saturated heterocycles. The Morgan fingerprint density at radius 3 is 2.38 bits per heavy atom. The van der Waals surface area contributed by atoms with Gasteiger partial charge in [0.15, 0.2) is 4.34 Å². The zero-order valence-electron chi connectivity index (χ0n) is 18.4. The van der Waals surface area contributed by atoms with Crippen LogP contribution in [0.15, 0.2) is 57.8 Å². The quantitative estimate of drug-likeness (QED) is 0.344. The van der Waals surface area contributed by atoms with Crippen molar-refractivity contribution in [1.82, 2.24) is 10.2 Å².